The maximum atomic E-state index is 11.8. The van der Waals surface area contributed by atoms with Crippen LogP contribution in [0, 0.1) is 0 Å². The van der Waals surface area contributed by atoms with Gasteiger partial charge in [-0.15, -0.1) is 5.10 Å². The number of H-pyrrole nitrogens is 1. The summed E-state index contributed by atoms with van der Waals surface area (Å²) in [6, 6.07) is 7.81. The number of aromatic amines is 1. The fourth-order valence-corrected chi connectivity index (χ4v) is 1.67. The quantitative estimate of drug-likeness (QED) is 0.832. The Morgan fingerprint density at radius 3 is 2.90 bits per heavy atom. The summed E-state index contributed by atoms with van der Waals surface area (Å²) in [5.74, 6) is 0.909. The van der Waals surface area contributed by atoms with Gasteiger partial charge in [-0.3, -0.25) is 10.1 Å². The van der Waals surface area contributed by atoms with Gasteiger partial charge in [-0.25, -0.2) is 5.10 Å². The molecule has 0 atom stereocenters. The van der Waals surface area contributed by atoms with Crippen molar-refractivity contribution in [2.45, 2.75) is 12.8 Å². The molecular formula is C13H16N4O3. The number of anilines is 1. The van der Waals surface area contributed by atoms with Gasteiger partial charge in [0.1, 0.15) is 5.75 Å². The lowest BCUT2D eigenvalue weighted by Gasteiger charge is -2.04. The van der Waals surface area contributed by atoms with Crippen molar-refractivity contribution in [1.82, 2.24) is 15.2 Å². The molecule has 0 bridgehead atoms. The van der Waals surface area contributed by atoms with Crippen LogP contribution in [0.5, 0.6) is 11.8 Å². The average Bonchev–Trinajstić information content (AvgIpc) is 2.93. The third-order valence-corrected chi connectivity index (χ3v) is 2.68. The molecule has 0 unspecified atom stereocenters. The Bertz CT molecular complexity index is 583. The number of rotatable bonds is 6. The normalized spacial score (nSPS) is 10.1. The lowest BCUT2D eigenvalue weighted by atomic mass is 10.1. The molecule has 0 spiro atoms. The van der Waals surface area contributed by atoms with Gasteiger partial charge in [0.05, 0.1) is 14.2 Å². The van der Waals surface area contributed by atoms with Gasteiger partial charge in [0.15, 0.2) is 0 Å². The number of methoxy groups -OCH3 is 2. The number of ether oxygens (including phenoxy) is 2. The second kappa shape index (κ2) is 6.55. The van der Waals surface area contributed by atoms with Crippen LogP contribution in [0.2, 0.25) is 0 Å². The van der Waals surface area contributed by atoms with Crippen molar-refractivity contribution < 1.29 is 14.3 Å². The summed E-state index contributed by atoms with van der Waals surface area (Å²) in [6.07, 6.45) is 0.963. The first-order chi connectivity index (χ1) is 9.71. The molecule has 2 rings (SSSR count). The second-order valence-corrected chi connectivity index (χ2v) is 4.07. The highest BCUT2D eigenvalue weighted by Gasteiger charge is 2.07. The van der Waals surface area contributed by atoms with Crippen LogP contribution >= 0.6 is 0 Å². The van der Waals surface area contributed by atoms with Crippen LogP contribution in [-0.2, 0) is 11.2 Å². The molecule has 2 aromatic rings. The van der Waals surface area contributed by atoms with E-state index in [0.717, 1.165) is 11.3 Å². The van der Waals surface area contributed by atoms with Gasteiger partial charge in [0.25, 0.3) is 0 Å². The zero-order valence-electron chi connectivity index (χ0n) is 11.3. The highest BCUT2D eigenvalue weighted by molar-refractivity contribution is 5.89. The van der Waals surface area contributed by atoms with Gasteiger partial charge >= 0.3 is 6.01 Å². The maximum Gasteiger partial charge on any atom is 0.336 e. The molecule has 0 radical (unpaired) electrons. The molecule has 0 fully saturated rings. The molecule has 1 aromatic carbocycles. The number of aryl methyl sites for hydroxylation is 1. The van der Waals surface area contributed by atoms with Crippen molar-refractivity contribution in [2.75, 3.05) is 19.5 Å². The third-order valence-electron chi connectivity index (χ3n) is 2.68. The highest BCUT2D eigenvalue weighted by atomic mass is 16.5. The Kier molecular flexibility index (Phi) is 4.54. The average molecular weight is 276 g/mol. The Morgan fingerprint density at radius 1 is 1.35 bits per heavy atom. The Hall–Kier alpha value is -2.57. The SMILES string of the molecule is COc1cccc(CCC(=O)Nc2nc(OC)n[nH]2)c1. The van der Waals surface area contributed by atoms with Gasteiger partial charge in [-0.2, -0.15) is 4.98 Å². The summed E-state index contributed by atoms with van der Waals surface area (Å²) in [7, 11) is 3.07. The molecule has 1 aromatic heterocycles. The van der Waals surface area contributed by atoms with Crippen LogP contribution in [0.15, 0.2) is 24.3 Å². The molecule has 0 saturated heterocycles. The van der Waals surface area contributed by atoms with Crippen LogP contribution in [0.1, 0.15) is 12.0 Å². The molecule has 0 aliphatic rings. The van der Waals surface area contributed by atoms with E-state index in [9.17, 15) is 4.79 Å². The molecule has 1 amide bonds. The smallest absolute Gasteiger partial charge is 0.336 e. The Balaban J connectivity index is 1.85. The molecule has 2 N–H and O–H groups in total. The number of aromatic nitrogens is 3. The molecule has 7 heteroatoms. The number of nitrogens with one attached hydrogen (secondary N) is 2. The van der Waals surface area contributed by atoms with Crippen LogP contribution < -0.4 is 14.8 Å². The molecule has 0 aliphatic heterocycles. The summed E-state index contributed by atoms with van der Waals surface area (Å²) in [5.41, 5.74) is 1.04. The summed E-state index contributed by atoms with van der Waals surface area (Å²) < 4.78 is 9.95. The standard InChI is InChI=1S/C13H16N4O3/c1-19-10-5-3-4-9(8-10)6-7-11(18)14-12-15-13(20-2)17-16-12/h3-5,8H,6-7H2,1-2H3,(H2,14,15,16,17,18). The van der Waals surface area contributed by atoms with Crippen molar-refractivity contribution in [3.63, 3.8) is 0 Å². The fraction of sp³-hybridized carbons (Fsp3) is 0.308. The van der Waals surface area contributed by atoms with Crippen LogP contribution in [0.25, 0.3) is 0 Å². The zero-order chi connectivity index (χ0) is 14.4. The topological polar surface area (TPSA) is 89.1 Å². The summed E-state index contributed by atoms with van der Waals surface area (Å²) in [4.78, 5) is 15.7. The van der Waals surface area contributed by atoms with E-state index < -0.39 is 0 Å². The van der Waals surface area contributed by atoms with Crippen molar-refractivity contribution >= 4 is 11.9 Å². The lowest BCUT2D eigenvalue weighted by Crippen LogP contribution is -2.13. The number of hydrogen-bond donors (Lipinski definition) is 2. The van der Waals surface area contributed by atoms with E-state index in [1.807, 2.05) is 24.3 Å². The van der Waals surface area contributed by atoms with Gasteiger partial charge in [0.2, 0.25) is 11.9 Å². The van der Waals surface area contributed by atoms with E-state index in [2.05, 4.69) is 20.5 Å². The molecule has 7 nitrogen and oxygen atoms in total. The minimum atomic E-state index is -0.147. The predicted molar refractivity (Wildman–Crippen MR) is 72.9 cm³/mol. The lowest BCUT2D eigenvalue weighted by molar-refractivity contribution is -0.116. The van der Waals surface area contributed by atoms with Crippen LogP contribution in [0.4, 0.5) is 5.95 Å². The highest BCUT2D eigenvalue weighted by Crippen LogP contribution is 2.14. The number of carbonyl (C=O) groups is 1. The van der Waals surface area contributed by atoms with Crippen molar-refractivity contribution in [3.05, 3.63) is 29.8 Å². The molecule has 0 saturated carbocycles. The molecule has 1 heterocycles. The minimum absolute atomic E-state index is 0.147. The zero-order valence-corrected chi connectivity index (χ0v) is 11.3. The van der Waals surface area contributed by atoms with Gasteiger partial charge < -0.3 is 9.47 Å². The number of nitrogens with zero attached hydrogens (tertiary/aromatic N) is 2. The van der Waals surface area contributed by atoms with E-state index in [1.54, 1.807) is 7.11 Å². The first-order valence-corrected chi connectivity index (χ1v) is 6.10. The van der Waals surface area contributed by atoms with Gasteiger partial charge in [-0.1, -0.05) is 12.1 Å². The second-order valence-electron chi connectivity index (χ2n) is 4.07. The first-order valence-electron chi connectivity index (χ1n) is 6.10. The minimum Gasteiger partial charge on any atom is -0.497 e. The number of amides is 1. The fourth-order valence-electron chi connectivity index (χ4n) is 1.67. The van der Waals surface area contributed by atoms with Crippen molar-refractivity contribution in [1.29, 1.82) is 0 Å². The molecule has 106 valence electrons. The summed E-state index contributed by atoms with van der Waals surface area (Å²) >= 11 is 0. The third kappa shape index (κ3) is 3.71. The number of carbonyl (C=O) groups excluding carboxylic acids is 1. The van der Waals surface area contributed by atoms with Crippen LogP contribution in [-0.4, -0.2) is 35.3 Å². The van der Waals surface area contributed by atoms with Gasteiger partial charge in [0, 0.05) is 6.42 Å². The summed E-state index contributed by atoms with van der Waals surface area (Å²) in [6.45, 7) is 0. The van der Waals surface area contributed by atoms with E-state index in [1.165, 1.54) is 7.11 Å². The first kappa shape index (κ1) is 13.9. The van der Waals surface area contributed by atoms with E-state index in [0.29, 0.717) is 12.8 Å². The Morgan fingerprint density at radius 2 is 2.20 bits per heavy atom. The molecule has 0 aliphatic carbocycles. The van der Waals surface area contributed by atoms with Crippen molar-refractivity contribution in [2.24, 2.45) is 0 Å². The monoisotopic (exact) mass is 276 g/mol. The Labute approximate surface area is 116 Å². The largest absolute Gasteiger partial charge is 0.497 e. The number of benzene rings is 1. The van der Waals surface area contributed by atoms with E-state index in [-0.39, 0.29) is 17.9 Å². The van der Waals surface area contributed by atoms with E-state index >= 15 is 0 Å². The predicted octanol–water partition coefficient (Wildman–Crippen LogP) is 1.39. The van der Waals surface area contributed by atoms with E-state index in [4.69, 9.17) is 9.47 Å². The van der Waals surface area contributed by atoms with Crippen LogP contribution in [0.3, 0.4) is 0 Å². The van der Waals surface area contributed by atoms with Crippen molar-refractivity contribution in [3.8, 4) is 11.8 Å². The summed E-state index contributed by atoms with van der Waals surface area (Å²) in [5, 5.41) is 8.92. The molecule has 20 heavy (non-hydrogen) atoms. The maximum absolute atomic E-state index is 11.8. The van der Waals surface area contributed by atoms with Gasteiger partial charge in [-0.05, 0) is 24.1 Å². The number of hydrogen-bond acceptors (Lipinski definition) is 5. The molecular weight excluding hydrogens is 260 g/mol.